The third kappa shape index (κ3) is 5.91. The quantitative estimate of drug-likeness (QED) is 0.775. The molecule has 29 heavy (non-hydrogen) atoms. The molecule has 0 aliphatic carbocycles. The van der Waals surface area contributed by atoms with E-state index in [0.29, 0.717) is 6.54 Å². The first-order valence-corrected chi connectivity index (χ1v) is 10.4. The highest BCUT2D eigenvalue weighted by Crippen LogP contribution is 2.21. The third-order valence-corrected chi connectivity index (χ3v) is 5.61. The van der Waals surface area contributed by atoms with Crippen LogP contribution >= 0.6 is 0 Å². The SMILES string of the molecule is CCc1ccc(NC(=O)C2CCN(CC(=O)Nc3ccc(C)cc3C)CC2)cc1. The summed E-state index contributed by atoms with van der Waals surface area (Å²) in [4.78, 5) is 27.1. The highest BCUT2D eigenvalue weighted by molar-refractivity contribution is 5.93. The van der Waals surface area contributed by atoms with Gasteiger partial charge in [-0.05, 0) is 75.5 Å². The molecule has 0 saturated carbocycles. The molecule has 0 unspecified atom stereocenters. The van der Waals surface area contributed by atoms with Gasteiger partial charge in [0.05, 0.1) is 6.54 Å². The maximum absolute atomic E-state index is 12.5. The third-order valence-electron chi connectivity index (χ3n) is 5.61. The Hall–Kier alpha value is -2.66. The first-order valence-electron chi connectivity index (χ1n) is 10.4. The molecule has 5 heteroatoms. The minimum atomic E-state index is -0.00383. The summed E-state index contributed by atoms with van der Waals surface area (Å²) in [7, 11) is 0. The average Bonchev–Trinajstić information content (AvgIpc) is 2.71. The highest BCUT2D eigenvalue weighted by atomic mass is 16.2. The number of nitrogens with one attached hydrogen (secondary N) is 2. The number of hydrogen-bond donors (Lipinski definition) is 2. The van der Waals surface area contributed by atoms with Gasteiger partial charge < -0.3 is 10.6 Å². The van der Waals surface area contributed by atoms with Gasteiger partial charge in [0.2, 0.25) is 11.8 Å². The second-order valence-corrected chi connectivity index (χ2v) is 7.96. The number of likely N-dealkylation sites (tertiary alicyclic amines) is 1. The largest absolute Gasteiger partial charge is 0.326 e. The Bertz CT molecular complexity index is 853. The lowest BCUT2D eigenvalue weighted by molar-refractivity contribution is -0.121. The minimum Gasteiger partial charge on any atom is -0.326 e. The van der Waals surface area contributed by atoms with Gasteiger partial charge in [0.15, 0.2) is 0 Å². The van der Waals surface area contributed by atoms with E-state index in [-0.39, 0.29) is 17.7 Å². The van der Waals surface area contributed by atoms with Crippen LogP contribution in [-0.2, 0) is 16.0 Å². The minimum absolute atomic E-state index is 0.000458. The van der Waals surface area contributed by atoms with Gasteiger partial charge >= 0.3 is 0 Å². The number of amides is 2. The van der Waals surface area contributed by atoms with Crippen LogP contribution in [0.2, 0.25) is 0 Å². The summed E-state index contributed by atoms with van der Waals surface area (Å²) in [6, 6.07) is 14.0. The second kappa shape index (κ2) is 9.70. The molecule has 0 aromatic heterocycles. The molecule has 2 amide bonds. The number of hydrogen-bond acceptors (Lipinski definition) is 3. The standard InChI is InChI=1S/C24H31N3O2/c1-4-19-6-8-21(9-7-19)25-24(29)20-11-13-27(14-12-20)16-23(28)26-22-10-5-17(2)15-18(22)3/h5-10,15,20H,4,11-14,16H2,1-3H3,(H,25,29)(H,26,28). The van der Waals surface area contributed by atoms with Crippen molar-refractivity contribution >= 4 is 23.2 Å². The van der Waals surface area contributed by atoms with Crippen molar-refractivity contribution in [3.63, 3.8) is 0 Å². The molecule has 0 bridgehead atoms. The van der Waals surface area contributed by atoms with Crippen LogP contribution in [0.3, 0.4) is 0 Å². The summed E-state index contributed by atoms with van der Waals surface area (Å²) >= 11 is 0. The van der Waals surface area contributed by atoms with E-state index < -0.39 is 0 Å². The first kappa shape index (κ1) is 21.1. The molecule has 0 radical (unpaired) electrons. The molecule has 1 fully saturated rings. The number of piperidine rings is 1. The smallest absolute Gasteiger partial charge is 0.238 e. The molecule has 1 aliphatic rings. The Morgan fingerprint density at radius 1 is 1.00 bits per heavy atom. The fourth-order valence-electron chi connectivity index (χ4n) is 3.77. The zero-order valence-electron chi connectivity index (χ0n) is 17.6. The van der Waals surface area contributed by atoms with Crippen molar-refractivity contribution in [2.75, 3.05) is 30.3 Å². The zero-order chi connectivity index (χ0) is 20.8. The lowest BCUT2D eigenvalue weighted by atomic mass is 9.95. The van der Waals surface area contributed by atoms with Crippen LogP contribution in [0.25, 0.3) is 0 Å². The van der Waals surface area contributed by atoms with Gasteiger partial charge in [0.25, 0.3) is 0 Å². The van der Waals surface area contributed by atoms with Gasteiger partial charge in [0.1, 0.15) is 0 Å². The number of carbonyl (C=O) groups excluding carboxylic acids is 2. The van der Waals surface area contributed by atoms with Crippen LogP contribution in [0.15, 0.2) is 42.5 Å². The second-order valence-electron chi connectivity index (χ2n) is 7.96. The van der Waals surface area contributed by atoms with Gasteiger partial charge in [-0.2, -0.15) is 0 Å². The van der Waals surface area contributed by atoms with Crippen LogP contribution < -0.4 is 10.6 Å². The number of anilines is 2. The molecule has 154 valence electrons. The molecule has 2 N–H and O–H groups in total. The summed E-state index contributed by atoms with van der Waals surface area (Å²) in [5.41, 5.74) is 5.23. The van der Waals surface area contributed by atoms with Gasteiger partial charge in [-0.3, -0.25) is 14.5 Å². The molecule has 2 aromatic carbocycles. The Morgan fingerprint density at radius 2 is 1.69 bits per heavy atom. The Balaban J connectivity index is 1.44. The van der Waals surface area contributed by atoms with Crippen LogP contribution in [0.1, 0.15) is 36.5 Å². The normalized spacial score (nSPS) is 15.1. The molecule has 0 atom stereocenters. The van der Waals surface area contributed by atoms with Crippen LogP contribution in [0.4, 0.5) is 11.4 Å². The summed E-state index contributed by atoms with van der Waals surface area (Å²) < 4.78 is 0. The molecule has 1 saturated heterocycles. The van der Waals surface area contributed by atoms with Gasteiger partial charge in [-0.15, -0.1) is 0 Å². The lowest BCUT2D eigenvalue weighted by Gasteiger charge is -2.30. The summed E-state index contributed by atoms with van der Waals surface area (Å²) in [5.74, 6) is 0.0732. The van der Waals surface area contributed by atoms with E-state index in [1.54, 1.807) is 0 Å². The Morgan fingerprint density at radius 3 is 2.31 bits per heavy atom. The number of aryl methyl sites for hydroxylation is 3. The Kier molecular flexibility index (Phi) is 7.04. The van der Waals surface area contributed by atoms with Gasteiger partial charge in [-0.25, -0.2) is 0 Å². The van der Waals surface area contributed by atoms with Gasteiger partial charge in [-0.1, -0.05) is 36.8 Å². The number of rotatable bonds is 6. The number of benzene rings is 2. The fourth-order valence-corrected chi connectivity index (χ4v) is 3.77. The summed E-state index contributed by atoms with van der Waals surface area (Å²) in [6.07, 6.45) is 2.54. The van der Waals surface area contributed by atoms with E-state index in [1.165, 1.54) is 11.1 Å². The monoisotopic (exact) mass is 393 g/mol. The predicted octanol–water partition coefficient (Wildman–Crippen LogP) is 4.16. The molecule has 1 aliphatic heterocycles. The van der Waals surface area contributed by atoms with E-state index >= 15 is 0 Å². The van der Waals surface area contributed by atoms with Crippen LogP contribution in [0.5, 0.6) is 0 Å². The van der Waals surface area contributed by atoms with E-state index in [4.69, 9.17) is 0 Å². The predicted molar refractivity (Wildman–Crippen MR) is 118 cm³/mol. The first-order chi connectivity index (χ1) is 13.9. The van der Waals surface area contributed by atoms with Crippen molar-refractivity contribution in [1.29, 1.82) is 0 Å². The van der Waals surface area contributed by atoms with E-state index in [0.717, 1.165) is 49.3 Å². The topological polar surface area (TPSA) is 61.4 Å². The van der Waals surface area contributed by atoms with Crippen LogP contribution in [0, 0.1) is 19.8 Å². The maximum Gasteiger partial charge on any atom is 0.238 e. The maximum atomic E-state index is 12.5. The van der Waals surface area contributed by atoms with Crippen molar-refractivity contribution < 1.29 is 9.59 Å². The molecule has 3 rings (SSSR count). The molecule has 1 heterocycles. The molecule has 0 spiro atoms. The average molecular weight is 394 g/mol. The summed E-state index contributed by atoms with van der Waals surface area (Å²) in [6.45, 7) is 8.03. The van der Waals surface area contributed by atoms with Gasteiger partial charge in [0, 0.05) is 17.3 Å². The highest BCUT2D eigenvalue weighted by Gasteiger charge is 2.26. The van der Waals surface area contributed by atoms with Crippen molar-refractivity contribution in [1.82, 2.24) is 4.90 Å². The molecule has 5 nitrogen and oxygen atoms in total. The molecule has 2 aromatic rings. The molecular formula is C24H31N3O2. The Labute approximate surface area is 173 Å². The van der Waals surface area contributed by atoms with Crippen molar-refractivity contribution in [2.24, 2.45) is 5.92 Å². The number of carbonyl (C=O) groups is 2. The zero-order valence-corrected chi connectivity index (χ0v) is 17.6. The fraction of sp³-hybridized carbons (Fsp3) is 0.417. The summed E-state index contributed by atoms with van der Waals surface area (Å²) in [5, 5.41) is 6.03. The van der Waals surface area contributed by atoms with Crippen molar-refractivity contribution in [3.05, 3.63) is 59.2 Å². The van der Waals surface area contributed by atoms with Crippen molar-refractivity contribution in [2.45, 2.75) is 40.0 Å². The van der Waals surface area contributed by atoms with E-state index in [2.05, 4.69) is 28.5 Å². The van der Waals surface area contributed by atoms with E-state index in [9.17, 15) is 9.59 Å². The van der Waals surface area contributed by atoms with E-state index in [1.807, 2.05) is 50.2 Å². The van der Waals surface area contributed by atoms with Crippen LogP contribution in [-0.4, -0.2) is 36.3 Å². The lowest BCUT2D eigenvalue weighted by Crippen LogP contribution is -2.41. The van der Waals surface area contributed by atoms with Crippen molar-refractivity contribution in [3.8, 4) is 0 Å². The molecular weight excluding hydrogens is 362 g/mol. The number of nitrogens with zero attached hydrogens (tertiary/aromatic N) is 1.